The number of carbonyl (C=O) groups is 2. The summed E-state index contributed by atoms with van der Waals surface area (Å²) in [6.07, 6.45) is -1.01. The van der Waals surface area contributed by atoms with E-state index >= 15 is 0 Å². The highest BCUT2D eigenvalue weighted by molar-refractivity contribution is 9.10. The lowest BCUT2D eigenvalue weighted by Gasteiger charge is -2.26. The Balaban J connectivity index is 2.97. The fourth-order valence-electron chi connectivity index (χ4n) is 2.01. The zero-order valence-electron chi connectivity index (χ0n) is 14.0. The van der Waals surface area contributed by atoms with Gasteiger partial charge in [0.15, 0.2) is 0 Å². The molecule has 1 aromatic rings. The molecular formula is C16H23BrN2O4. The van der Waals surface area contributed by atoms with Crippen molar-refractivity contribution in [1.82, 2.24) is 0 Å². The van der Waals surface area contributed by atoms with Gasteiger partial charge in [-0.1, -0.05) is 15.9 Å². The van der Waals surface area contributed by atoms with E-state index in [2.05, 4.69) is 21.2 Å². The van der Waals surface area contributed by atoms with Crippen LogP contribution in [0.1, 0.15) is 40.2 Å². The van der Waals surface area contributed by atoms with Crippen LogP contribution in [0.3, 0.4) is 0 Å². The summed E-state index contributed by atoms with van der Waals surface area (Å²) in [7, 11) is 0. The van der Waals surface area contributed by atoms with Crippen LogP contribution in [0.4, 0.5) is 15.3 Å². The number of primary amides is 1. The highest BCUT2D eigenvalue weighted by atomic mass is 79.9. The Bertz CT molecular complexity index is 594. The molecule has 0 unspecified atom stereocenters. The Morgan fingerprint density at radius 3 is 2.30 bits per heavy atom. The minimum atomic E-state index is -0.841. The molecule has 0 atom stereocenters. The van der Waals surface area contributed by atoms with E-state index in [1.165, 1.54) is 0 Å². The van der Waals surface area contributed by atoms with Crippen LogP contribution in [0.5, 0.6) is 0 Å². The number of nitrogens with one attached hydrogen (secondary N) is 1. The number of ether oxygens (including phenoxy) is 2. The topological polar surface area (TPSA) is 90.7 Å². The van der Waals surface area contributed by atoms with Crippen LogP contribution >= 0.6 is 15.9 Å². The molecule has 3 N–H and O–H groups in total. The Morgan fingerprint density at radius 2 is 1.78 bits per heavy atom. The molecular weight excluding hydrogens is 364 g/mol. The van der Waals surface area contributed by atoms with Crippen molar-refractivity contribution in [3.8, 4) is 0 Å². The maximum Gasteiger partial charge on any atom is 0.412 e. The average Bonchev–Trinajstić information content (AvgIpc) is 2.27. The minimum Gasteiger partial charge on any atom is -0.444 e. The summed E-state index contributed by atoms with van der Waals surface area (Å²) in [4.78, 5) is 23.0. The lowest BCUT2D eigenvalue weighted by molar-refractivity contribution is 0.0458. The molecule has 1 rings (SSSR count). The summed E-state index contributed by atoms with van der Waals surface area (Å²) < 4.78 is 11.2. The number of hydrogen-bond acceptors (Lipinski definition) is 4. The third kappa shape index (κ3) is 7.36. The maximum atomic E-state index is 12.0. The molecule has 23 heavy (non-hydrogen) atoms. The molecule has 0 bridgehead atoms. The number of rotatable bonds is 4. The van der Waals surface area contributed by atoms with Crippen molar-refractivity contribution < 1.29 is 19.1 Å². The highest BCUT2D eigenvalue weighted by Gasteiger charge is 2.25. The van der Waals surface area contributed by atoms with Gasteiger partial charge in [-0.15, -0.1) is 0 Å². The van der Waals surface area contributed by atoms with Crippen molar-refractivity contribution in [2.45, 2.75) is 52.2 Å². The number of benzene rings is 1. The predicted molar refractivity (Wildman–Crippen MR) is 92.5 cm³/mol. The molecule has 0 fully saturated rings. The van der Waals surface area contributed by atoms with Crippen LogP contribution in [-0.2, 0) is 15.9 Å². The zero-order chi connectivity index (χ0) is 17.8. The summed E-state index contributed by atoms with van der Waals surface area (Å²) in [5.74, 6) is 0. The fourth-order valence-corrected chi connectivity index (χ4v) is 2.42. The van der Waals surface area contributed by atoms with Crippen molar-refractivity contribution in [1.29, 1.82) is 0 Å². The van der Waals surface area contributed by atoms with Gasteiger partial charge in [-0.25, -0.2) is 9.59 Å². The Kier molecular flexibility index (Phi) is 6.04. The predicted octanol–water partition coefficient (Wildman–Crippen LogP) is 4.21. The molecule has 0 aliphatic carbocycles. The third-order valence-corrected chi connectivity index (χ3v) is 3.19. The largest absolute Gasteiger partial charge is 0.444 e. The van der Waals surface area contributed by atoms with Gasteiger partial charge < -0.3 is 15.2 Å². The van der Waals surface area contributed by atoms with Gasteiger partial charge in [0.2, 0.25) is 0 Å². The van der Waals surface area contributed by atoms with Crippen molar-refractivity contribution in [3.05, 3.63) is 28.2 Å². The minimum absolute atomic E-state index is 0.376. The van der Waals surface area contributed by atoms with Crippen molar-refractivity contribution >= 4 is 33.8 Å². The van der Waals surface area contributed by atoms with Gasteiger partial charge in [-0.3, -0.25) is 5.32 Å². The van der Waals surface area contributed by atoms with E-state index in [0.717, 1.165) is 10.0 Å². The summed E-state index contributed by atoms with van der Waals surface area (Å²) >= 11 is 3.39. The van der Waals surface area contributed by atoms with E-state index in [-0.39, 0.29) is 0 Å². The standard InChI is InChI=1S/C16H23BrN2O4/c1-15(2,3)23-14(21)19-12-7-6-11(17)8-10(12)9-16(4,5)22-13(18)20/h6-8H,9H2,1-5H3,(H2,18,20)(H,19,21). The second-order valence-corrected chi connectivity index (χ2v) is 7.70. The van der Waals surface area contributed by atoms with E-state index in [9.17, 15) is 9.59 Å². The van der Waals surface area contributed by atoms with Crippen LogP contribution in [0.15, 0.2) is 22.7 Å². The van der Waals surface area contributed by atoms with E-state index in [1.807, 2.05) is 6.07 Å². The van der Waals surface area contributed by atoms with Gasteiger partial charge in [0.25, 0.3) is 0 Å². The Labute approximate surface area is 144 Å². The Morgan fingerprint density at radius 1 is 1.17 bits per heavy atom. The van der Waals surface area contributed by atoms with Crippen LogP contribution in [0.2, 0.25) is 0 Å². The summed E-state index contributed by atoms with van der Waals surface area (Å²) in [5, 5.41) is 2.72. The first kappa shape index (κ1) is 19.3. The summed E-state index contributed by atoms with van der Waals surface area (Å²) in [5.41, 5.74) is 5.07. The van der Waals surface area contributed by atoms with Gasteiger partial charge >= 0.3 is 12.2 Å². The van der Waals surface area contributed by atoms with Gasteiger partial charge in [0.1, 0.15) is 11.2 Å². The quantitative estimate of drug-likeness (QED) is 0.810. The summed E-state index contributed by atoms with van der Waals surface area (Å²) in [6.45, 7) is 8.86. The lowest BCUT2D eigenvalue weighted by Crippen LogP contribution is -2.33. The van der Waals surface area contributed by atoms with Crippen LogP contribution in [0.25, 0.3) is 0 Å². The van der Waals surface area contributed by atoms with Crippen LogP contribution < -0.4 is 11.1 Å². The van der Waals surface area contributed by atoms with Gasteiger partial charge in [-0.2, -0.15) is 0 Å². The zero-order valence-corrected chi connectivity index (χ0v) is 15.6. The van der Waals surface area contributed by atoms with Gasteiger partial charge in [0, 0.05) is 16.6 Å². The number of halogens is 1. The smallest absolute Gasteiger partial charge is 0.412 e. The Hall–Kier alpha value is -1.76. The first-order chi connectivity index (χ1) is 10.4. The highest BCUT2D eigenvalue weighted by Crippen LogP contribution is 2.27. The molecule has 0 saturated carbocycles. The number of amides is 2. The van der Waals surface area contributed by atoms with Crippen LogP contribution in [0, 0.1) is 0 Å². The average molecular weight is 387 g/mol. The molecule has 7 heteroatoms. The van der Waals surface area contributed by atoms with Crippen LogP contribution in [-0.4, -0.2) is 23.4 Å². The number of hydrogen-bond donors (Lipinski definition) is 2. The summed E-state index contributed by atoms with van der Waals surface area (Å²) in [6, 6.07) is 5.40. The molecule has 128 valence electrons. The lowest BCUT2D eigenvalue weighted by atomic mass is 9.97. The third-order valence-electron chi connectivity index (χ3n) is 2.70. The van der Waals surface area contributed by atoms with Crippen molar-refractivity contribution in [2.24, 2.45) is 5.73 Å². The monoisotopic (exact) mass is 386 g/mol. The van der Waals surface area contributed by atoms with Crippen molar-refractivity contribution in [3.63, 3.8) is 0 Å². The second kappa shape index (κ2) is 7.21. The molecule has 0 saturated heterocycles. The number of nitrogens with two attached hydrogens (primary N) is 1. The molecule has 6 nitrogen and oxygen atoms in total. The van der Waals surface area contributed by atoms with Crippen molar-refractivity contribution in [2.75, 3.05) is 5.32 Å². The van der Waals surface area contributed by atoms with Gasteiger partial charge in [0.05, 0.1) is 0 Å². The molecule has 0 heterocycles. The SMILES string of the molecule is CC(C)(C)OC(=O)Nc1ccc(Br)cc1CC(C)(C)OC(N)=O. The normalized spacial score (nSPS) is 11.7. The molecule has 0 spiro atoms. The van der Waals surface area contributed by atoms with E-state index in [1.54, 1.807) is 46.8 Å². The fraction of sp³-hybridized carbons (Fsp3) is 0.500. The molecule has 2 amide bonds. The molecule has 1 aromatic carbocycles. The first-order valence-corrected chi connectivity index (χ1v) is 7.94. The first-order valence-electron chi connectivity index (χ1n) is 7.15. The maximum absolute atomic E-state index is 12.0. The number of anilines is 1. The van der Waals surface area contributed by atoms with Gasteiger partial charge in [-0.05, 0) is 58.4 Å². The number of carbonyl (C=O) groups excluding carboxylic acids is 2. The molecule has 0 aromatic heterocycles. The van der Waals surface area contributed by atoms with E-state index in [0.29, 0.717) is 12.1 Å². The van der Waals surface area contributed by atoms with E-state index in [4.69, 9.17) is 15.2 Å². The van der Waals surface area contributed by atoms with E-state index < -0.39 is 23.4 Å². The molecule has 0 aliphatic heterocycles. The molecule has 0 radical (unpaired) electrons. The second-order valence-electron chi connectivity index (χ2n) is 6.79. The molecule has 0 aliphatic rings.